The number of benzene rings is 1. The average molecular weight is 478 g/mol. The monoisotopic (exact) mass is 477 g/mol. The summed E-state index contributed by atoms with van der Waals surface area (Å²) in [5, 5.41) is 5.66. The van der Waals surface area contributed by atoms with Crippen LogP contribution in [0.15, 0.2) is 30.8 Å². The van der Waals surface area contributed by atoms with Gasteiger partial charge in [-0.2, -0.15) is 11.8 Å². The number of hydrogen-bond acceptors (Lipinski definition) is 5. The second-order valence-corrected chi connectivity index (χ2v) is 10.9. The van der Waals surface area contributed by atoms with Crippen LogP contribution in [-0.4, -0.2) is 59.0 Å². The van der Waals surface area contributed by atoms with E-state index in [-0.39, 0.29) is 11.8 Å². The van der Waals surface area contributed by atoms with E-state index in [0.29, 0.717) is 17.7 Å². The molecule has 8 heteroatoms. The Hall–Kier alpha value is -2.48. The third-order valence-corrected chi connectivity index (χ3v) is 5.19. The van der Waals surface area contributed by atoms with E-state index in [1.165, 1.54) is 4.90 Å². The Morgan fingerprint density at radius 3 is 2.33 bits per heavy atom. The summed E-state index contributed by atoms with van der Waals surface area (Å²) in [4.78, 5) is 40.6. The largest absolute Gasteiger partial charge is 0.444 e. The van der Waals surface area contributed by atoms with Crippen molar-refractivity contribution in [1.29, 1.82) is 0 Å². The van der Waals surface area contributed by atoms with Gasteiger partial charge in [0.2, 0.25) is 11.8 Å². The zero-order valence-corrected chi connectivity index (χ0v) is 22.0. The molecule has 7 nitrogen and oxygen atoms in total. The number of carbonyl (C=O) groups is 3. The van der Waals surface area contributed by atoms with Gasteiger partial charge < -0.3 is 20.3 Å². The van der Waals surface area contributed by atoms with Crippen molar-refractivity contribution in [2.24, 2.45) is 0 Å². The molecule has 184 valence electrons. The van der Waals surface area contributed by atoms with Gasteiger partial charge in [-0.3, -0.25) is 9.59 Å². The first-order valence-electron chi connectivity index (χ1n) is 11.0. The molecular formula is C25H39N3O4S. The standard InChI is InChI=1S/C25H39N3O4S/c1-10-17-12-11-13-18(16-17)20(21(29)27-24(2,3)4)28(8)22(30)19(14-15-33-9)26-23(31)32-25(5,6)7/h10-13,16,19-20H,1,14-15H2,2-9H3,(H,26,31)(H,27,29). The van der Waals surface area contributed by atoms with Crippen LogP contribution in [0.25, 0.3) is 6.08 Å². The molecule has 0 saturated heterocycles. The highest BCUT2D eigenvalue weighted by atomic mass is 32.2. The van der Waals surface area contributed by atoms with Gasteiger partial charge in [0.05, 0.1) is 0 Å². The molecule has 1 aromatic carbocycles. The van der Waals surface area contributed by atoms with Gasteiger partial charge in [0.15, 0.2) is 0 Å². The molecule has 2 unspecified atom stereocenters. The van der Waals surface area contributed by atoms with Crippen molar-refractivity contribution >= 4 is 35.7 Å². The maximum atomic E-state index is 13.5. The number of nitrogens with one attached hydrogen (secondary N) is 2. The van der Waals surface area contributed by atoms with E-state index in [4.69, 9.17) is 4.74 Å². The molecule has 3 amide bonds. The Labute approximate surface area is 202 Å². The van der Waals surface area contributed by atoms with Crippen LogP contribution in [0.4, 0.5) is 4.79 Å². The van der Waals surface area contributed by atoms with Crippen LogP contribution in [0.3, 0.4) is 0 Å². The van der Waals surface area contributed by atoms with Crippen molar-refractivity contribution in [3.05, 3.63) is 42.0 Å². The summed E-state index contributed by atoms with van der Waals surface area (Å²) >= 11 is 1.57. The fourth-order valence-electron chi connectivity index (χ4n) is 3.16. The van der Waals surface area contributed by atoms with Crippen LogP contribution in [0, 0.1) is 0 Å². The lowest BCUT2D eigenvalue weighted by atomic mass is 9.99. The lowest BCUT2D eigenvalue weighted by Crippen LogP contribution is -2.53. The first kappa shape index (κ1) is 28.6. The third kappa shape index (κ3) is 9.90. The number of amides is 3. The Morgan fingerprint density at radius 2 is 1.82 bits per heavy atom. The molecule has 2 atom stereocenters. The molecule has 0 aromatic heterocycles. The fourth-order valence-corrected chi connectivity index (χ4v) is 3.63. The Kier molecular flexibility index (Phi) is 10.5. The molecule has 0 saturated carbocycles. The van der Waals surface area contributed by atoms with Crippen molar-refractivity contribution in [3.8, 4) is 0 Å². The van der Waals surface area contributed by atoms with Gasteiger partial charge in [-0.25, -0.2) is 4.79 Å². The van der Waals surface area contributed by atoms with Crippen molar-refractivity contribution < 1.29 is 19.1 Å². The number of hydrogen-bond donors (Lipinski definition) is 2. The summed E-state index contributed by atoms with van der Waals surface area (Å²) in [7, 11) is 1.58. The molecule has 0 fully saturated rings. The smallest absolute Gasteiger partial charge is 0.408 e. The SMILES string of the molecule is C=Cc1cccc(C(C(=O)NC(C)(C)C)N(C)C(=O)C(CCSC)NC(=O)OC(C)(C)C)c1. The lowest BCUT2D eigenvalue weighted by Gasteiger charge is -2.33. The van der Waals surface area contributed by atoms with Gasteiger partial charge >= 0.3 is 6.09 Å². The molecule has 0 bridgehead atoms. The highest BCUT2D eigenvalue weighted by molar-refractivity contribution is 7.98. The normalized spacial score (nSPS) is 13.5. The second kappa shape index (κ2) is 12.1. The average Bonchev–Trinajstić information content (AvgIpc) is 2.68. The molecule has 33 heavy (non-hydrogen) atoms. The number of alkyl carbamates (subject to hydrolysis) is 1. The van der Waals surface area contributed by atoms with Crippen molar-refractivity contribution in [2.45, 2.75) is 71.2 Å². The van der Waals surface area contributed by atoms with Gasteiger partial charge in [0.1, 0.15) is 17.7 Å². The minimum Gasteiger partial charge on any atom is -0.444 e. The Balaban J connectivity index is 3.30. The third-order valence-electron chi connectivity index (χ3n) is 4.54. The molecular weight excluding hydrogens is 438 g/mol. The quantitative estimate of drug-likeness (QED) is 0.551. The van der Waals surface area contributed by atoms with Crippen molar-refractivity contribution in [1.82, 2.24) is 15.5 Å². The predicted molar refractivity (Wildman–Crippen MR) is 136 cm³/mol. The minimum atomic E-state index is -0.881. The van der Waals surface area contributed by atoms with Gasteiger partial charge in [0, 0.05) is 12.6 Å². The van der Waals surface area contributed by atoms with Gasteiger partial charge in [0.25, 0.3) is 0 Å². The molecule has 0 heterocycles. The van der Waals surface area contributed by atoms with E-state index in [2.05, 4.69) is 17.2 Å². The summed E-state index contributed by atoms with van der Waals surface area (Å²) in [6, 6.07) is 5.64. The summed E-state index contributed by atoms with van der Waals surface area (Å²) in [6.07, 6.45) is 3.36. The van der Waals surface area contributed by atoms with Crippen molar-refractivity contribution in [3.63, 3.8) is 0 Å². The number of ether oxygens (including phenoxy) is 1. The van der Waals surface area contributed by atoms with E-state index >= 15 is 0 Å². The fraction of sp³-hybridized carbons (Fsp3) is 0.560. The second-order valence-electron chi connectivity index (χ2n) is 9.95. The minimum absolute atomic E-state index is 0.305. The Bertz CT molecular complexity index is 843. The zero-order valence-electron chi connectivity index (χ0n) is 21.2. The first-order valence-corrected chi connectivity index (χ1v) is 12.4. The zero-order chi connectivity index (χ0) is 25.4. The maximum absolute atomic E-state index is 13.5. The number of likely N-dealkylation sites (N-methyl/N-ethyl adjacent to an activating group) is 1. The van der Waals surface area contributed by atoms with Crippen LogP contribution in [0.2, 0.25) is 0 Å². The van der Waals surface area contributed by atoms with Gasteiger partial charge in [-0.1, -0.05) is 30.9 Å². The van der Waals surface area contributed by atoms with Crippen LogP contribution in [-0.2, 0) is 14.3 Å². The molecule has 0 spiro atoms. The van der Waals surface area contributed by atoms with Crippen LogP contribution in [0.1, 0.15) is 65.1 Å². The van der Waals surface area contributed by atoms with E-state index in [1.54, 1.807) is 45.7 Å². The van der Waals surface area contributed by atoms with Crippen LogP contribution >= 0.6 is 11.8 Å². The summed E-state index contributed by atoms with van der Waals surface area (Å²) in [6.45, 7) is 14.7. The van der Waals surface area contributed by atoms with Gasteiger partial charge in [-0.15, -0.1) is 0 Å². The lowest BCUT2D eigenvalue weighted by molar-refractivity contribution is -0.141. The number of nitrogens with zero attached hydrogens (tertiary/aromatic N) is 1. The number of rotatable bonds is 9. The molecule has 0 aliphatic heterocycles. The van der Waals surface area contributed by atoms with Gasteiger partial charge in [-0.05, 0) is 77.2 Å². The van der Waals surface area contributed by atoms with E-state index in [9.17, 15) is 14.4 Å². The van der Waals surface area contributed by atoms with Crippen LogP contribution < -0.4 is 10.6 Å². The molecule has 2 N–H and O–H groups in total. The molecule has 1 rings (SSSR count). The number of carbonyl (C=O) groups excluding carboxylic acids is 3. The Morgan fingerprint density at radius 1 is 1.18 bits per heavy atom. The first-order chi connectivity index (χ1) is 15.2. The molecule has 0 aliphatic carbocycles. The topological polar surface area (TPSA) is 87.7 Å². The summed E-state index contributed by atoms with van der Waals surface area (Å²) in [5.74, 6) is -0.0152. The molecule has 0 radical (unpaired) electrons. The van der Waals surface area contributed by atoms with Crippen LogP contribution in [0.5, 0.6) is 0 Å². The van der Waals surface area contributed by atoms with E-state index < -0.39 is 29.3 Å². The highest BCUT2D eigenvalue weighted by Crippen LogP contribution is 2.24. The van der Waals surface area contributed by atoms with E-state index in [0.717, 1.165) is 5.56 Å². The van der Waals surface area contributed by atoms with E-state index in [1.807, 2.05) is 51.3 Å². The highest BCUT2D eigenvalue weighted by Gasteiger charge is 2.35. The maximum Gasteiger partial charge on any atom is 0.408 e. The summed E-state index contributed by atoms with van der Waals surface area (Å²) in [5.41, 5.74) is 0.324. The molecule has 0 aliphatic rings. The summed E-state index contributed by atoms with van der Waals surface area (Å²) < 4.78 is 5.35. The number of thioether (sulfide) groups is 1. The molecule has 1 aromatic rings. The van der Waals surface area contributed by atoms with Crippen molar-refractivity contribution in [2.75, 3.05) is 19.1 Å². The predicted octanol–water partition coefficient (Wildman–Crippen LogP) is 4.39.